The van der Waals surface area contributed by atoms with Crippen LogP contribution in [0.4, 0.5) is 4.79 Å². The zero-order chi connectivity index (χ0) is 9.68. The summed E-state index contributed by atoms with van der Waals surface area (Å²) in [5.41, 5.74) is 0. The lowest BCUT2D eigenvalue weighted by atomic mass is 10.0. The molecule has 0 aromatic heterocycles. The highest BCUT2D eigenvalue weighted by Crippen LogP contribution is 2.15. The van der Waals surface area contributed by atoms with E-state index in [2.05, 4.69) is 19.2 Å². The lowest BCUT2D eigenvalue weighted by molar-refractivity contribution is 0.158. The molecular weight excluding hydrogens is 164 g/mol. The van der Waals surface area contributed by atoms with Crippen LogP contribution in [-0.2, 0) is 0 Å². The van der Waals surface area contributed by atoms with Crippen LogP contribution in [0.1, 0.15) is 39.5 Å². The Bertz CT molecular complexity index is 170. The first-order valence-electron chi connectivity index (χ1n) is 5.30. The van der Waals surface area contributed by atoms with Gasteiger partial charge in [0.2, 0.25) is 0 Å². The van der Waals surface area contributed by atoms with Crippen LogP contribution in [0.5, 0.6) is 0 Å². The fourth-order valence-electron chi connectivity index (χ4n) is 1.73. The van der Waals surface area contributed by atoms with Crippen molar-refractivity contribution in [3.05, 3.63) is 0 Å². The summed E-state index contributed by atoms with van der Waals surface area (Å²) >= 11 is 0. The van der Waals surface area contributed by atoms with Crippen LogP contribution in [0.2, 0.25) is 0 Å². The molecule has 1 rings (SSSR count). The van der Waals surface area contributed by atoms with Crippen LogP contribution in [0.3, 0.4) is 0 Å². The number of hydrogen-bond acceptors (Lipinski definition) is 1. The SMILES string of the molecule is CCCNC(=O)N1CCCC[C@@H]1C. The van der Waals surface area contributed by atoms with Crippen molar-refractivity contribution < 1.29 is 4.79 Å². The van der Waals surface area contributed by atoms with Gasteiger partial charge in [-0.3, -0.25) is 0 Å². The molecule has 0 aromatic rings. The van der Waals surface area contributed by atoms with Gasteiger partial charge in [-0.25, -0.2) is 4.79 Å². The molecule has 1 N–H and O–H groups in total. The molecule has 13 heavy (non-hydrogen) atoms. The Morgan fingerprint density at radius 3 is 2.92 bits per heavy atom. The Morgan fingerprint density at radius 2 is 2.31 bits per heavy atom. The van der Waals surface area contributed by atoms with Gasteiger partial charge in [0, 0.05) is 19.1 Å². The zero-order valence-electron chi connectivity index (χ0n) is 8.68. The molecule has 1 fully saturated rings. The Morgan fingerprint density at radius 1 is 1.54 bits per heavy atom. The van der Waals surface area contributed by atoms with E-state index in [4.69, 9.17) is 0 Å². The van der Waals surface area contributed by atoms with E-state index in [1.54, 1.807) is 0 Å². The monoisotopic (exact) mass is 184 g/mol. The summed E-state index contributed by atoms with van der Waals surface area (Å²) < 4.78 is 0. The van der Waals surface area contributed by atoms with Crippen LogP contribution in [0, 0.1) is 0 Å². The van der Waals surface area contributed by atoms with Gasteiger partial charge in [-0.2, -0.15) is 0 Å². The number of rotatable bonds is 2. The molecule has 76 valence electrons. The van der Waals surface area contributed by atoms with E-state index < -0.39 is 0 Å². The third kappa shape index (κ3) is 2.90. The number of likely N-dealkylation sites (tertiary alicyclic amines) is 1. The van der Waals surface area contributed by atoms with Gasteiger partial charge in [-0.1, -0.05) is 6.92 Å². The number of amides is 2. The van der Waals surface area contributed by atoms with Crippen molar-refractivity contribution in [2.75, 3.05) is 13.1 Å². The maximum Gasteiger partial charge on any atom is 0.317 e. The Hall–Kier alpha value is -0.730. The van der Waals surface area contributed by atoms with E-state index in [0.717, 1.165) is 32.4 Å². The van der Waals surface area contributed by atoms with Gasteiger partial charge < -0.3 is 10.2 Å². The van der Waals surface area contributed by atoms with E-state index in [9.17, 15) is 4.79 Å². The van der Waals surface area contributed by atoms with E-state index in [-0.39, 0.29) is 6.03 Å². The molecule has 0 spiro atoms. The molecule has 1 saturated heterocycles. The molecule has 1 aliphatic heterocycles. The van der Waals surface area contributed by atoms with Crippen LogP contribution in [0.25, 0.3) is 0 Å². The van der Waals surface area contributed by atoms with Gasteiger partial charge in [0.15, 0.2) is 0 Å². The topological polar surface area (TPSA) is 32.3 Å². The molecular formula is C10H20N2O. The largest absolute Gasteiger partial charge is 0.338 e. The van der Waals surface area contributed by atoms with Gasteiger partial charge in [-0.15, -0.1) is 0 Å². The Kier molecular flexibility index (Phi) is 4.06. The summed E-state index contributed by atoms with van der Waals surface area (Å²) in [5, 5.41) is 2.92. The molecule has 3 nitrogen and oxygen atoms in total. The minimum absolute atomic E-state index is 0.119. The lowest BCUT2D eigenvalue weighted by Crippen LogP contribution is -2.47. The van der Waals surface area contributed by atoms with Gasteiger partial charge in [0.05, 0.1) is 0 Å². The van der Waals surface area contributed by atoms with Crippen molar-refractivity contribution in [2.24, 2.45) is 0 Å². The zero-order valence-corrected chi connectivity index (χ0v) is 8.68. The van der Waals surface area contributed by atoms with Crippen molar-refractivity contribution in [1.82, 2.24) is 10.2 Å². The average Bonchev–Trinajstić information content (AvgIpc) is 2.15. The second-order valence-electron chi connectivity index (χ2n) is 3.77. The molecule has 1 aliphatic rings. The normalized spacial score (nSPS) is 22.9. The highest BCUT2D eigenvalue weighted by molar-refractivity contribution is 5.74. The predicted molar refractivity (Wildman–Crippen MR) is 53.7 cm³/mol. The molecule has 0 bridgehead atoms. The average molecular weight is 184 g/mol. The highest BCUT2D eigenvalue weighted by Gasteiger charge is 2.22. The molecule has 1 atom stereocenters. The molecule has 0 unspecified atom stereocenters. The van der Waals surface area contributed by atoms with Crippen molar-refractivity contribution >= 4 is 6.03 Å². The van der Waals surface area contributed by atoms with Crippen molar-refractivity contribution in [3.63, 3.8) is 0 Å². The van der Waals surface area contributed by atoms with Crippen LogP contribution in [-0.4, -0.2) is 30.1 Å². The van der Waals surface area contributed by atoms with Crippen molar-refractivity contribution in [3.8, 4) is 0 Å². The maximum atomic E-state index is 11.6. The molecule has 0 aromatic carbocycles. The third-order valence-electron chi connectivity index (χ3n) is 2.59. The number of urea groups is 1. The number of carbonyl (C=O) groups excluding carboxylic acids is 1. The summed E-state index contributed by atoms with van der Waals surface area (Å²) in [6.07, 6.45) is 4.58. The maximum absolute atomic E-state index is 11.6. The first-order chi connectivity index (χ1) is 6.25. The molecule has 0 aliphatic carbocycles. The van der Waals surface area contributed by atoms with Crippen LogP contribution < -0.4 is 5.32 Å². The quantitative estimate of drug-likeness (QED) is 0.699. The first kappa shape index (κ1) is 10.4. The molecule has 0 radical (unpaired) electrons. The summed E-state index contributed by atoms with van der Waals surface area (Å²) in [7, 11) is 0. The summed E-state index contributed by atoms with van der Waals surface area (Å²) in [6, 6.07) is 0.541. The molecule has 2 amide bonds. The minimum Gasteiger partial charge on any atom is -0.338 e. The molecule has 0 saturated carbocycles. The number of nitrogens with zero attached hydrogens (tertiary/aromatic N) is 1. The van der Waals surface area contributed by atoms with Gasteiger partial charge in [-0.05, 0) is 32.6 Å². The third-order valence-corrected chi connectivity index (χ3v) is 2.59. The summed E-state index contributed by atoms with van der Waals surface area (Å²) in [6.45, 7) is 5.92. The number of carbonyl (C=O) groups is 1. The standard InChI is InChI=1S/C10H20N2O/c1-3-7-11-10(13)12-8-5-4-6-9(12)2/h9H,3-8H2,1-2H3,(H,11,13)/t9-/m0/s1. The molecule has 3 heteroatoms. The van der Waals surface area contributed by atoms with Gasteiger partial charge >= 0.3 is 6.03 Å². The first-order valence-corrected chi connectivity index (χ1v) is 5.30. The number of nitrogens with one attached hydrogen (secondary N) is 1. The van der Waals surface area contributed by atoms with Crippen LogP contribution in [0.15, 0.2) is 0 Å². The van der Waals surface area contributed by atoms with Gasteiger partial charge in [0.25, 0.3) is 0 Å². The summed E-state index contributed by atoms with van der Waals surface area (Å²) in [4.78, 5) is 13.5. The van der Waals surface area contributed by atoms with E-state index in [0.29, 0.717) is 6.04 Å². The Labute approximate surface area is 80.5 Å². The highest BCUT2D eigenvalue weighted by atomic mass is 16.2. The van der Waals surface area contributed by atoms with E-state index >= 15 is 0 Å². The fraction of sp³-hybridized carbons (Fsp3) is 0.900. The van der Waals surface area contributed by atoms with Crippen LogP contribution >= 0.6 is 0 Å². The number of piperidine rings is 1. The minimum atomic E-state index is 0.119. The predicted octanol–water partition coefficient (Wildman–Crippen LogP) is 1.98. The van der Waals surface area contributed by atoms with E-state index in [1.807, 2.05) is 4.90 Å². The second-order valence-corrected chi connectivity index (χ2v) is 3.77. The smallest absolute Gasteiger partial charge is 0.317 e. The fourth-order valence-corrected chi connectivity index (χ4v) is 1.73. The van der Waals surface area contributed by atoms with E-state index in [1.165, 1.54) is 6.42 Å². The second kappa shape index (κ2) is 5.10. The lowest BCUT2D eigenvalue weighted by Gasteiger charge is -2.33. The Balaban J connectivity index is 2.35. The van der Waals surface area contributed by atoms with Crippen molar-refractivity contribution in [2.45, 2.75) is 45.6 Å². The number of hydrogen-bond donors (Lipinski definition) is 1. The van der Waals surface area contributed by atoms with Crippen molar-refractivity contribution in [1.29, 1.82) is 0 Å². The summed E-state index contributed by atoms with van der Waals surface area (Å²) in [5.74, 6) is 0. The van der Waals surface area contributed by atoms with Gasteiger partial charge in [0.1, 0.15) is 0 Å². The molecule has 1 heterocycles.